The predicted octanol–water partition coefficient (Wildman–Crippen LogP) is 3.45. The Hall–Kier alpha value is -0.910. The third-order valence-electron chi connectivity index (χ3n) is 2.77. The van der Waals surface area contributed by atoms with E-state index in [0.717, 1.165) is 35.9 Å². The summed E-state index contributed by atoms with van der Waals surface area (Å²) in [5.74, 6) is 0.565. The van der Waals surface area contributed by atoms with Crippen molar-refractivity contribution in [2.75, 3.05) is 13.2 Å². The molecule has 0 radical (unpaired) electrons. The summed E-state index contributed by atoms with van der Waals surface area (Å²) < 4.78 is 5.69. The van der Waals surface area contributed by atoms with Gasteiger partial charge in [0.2, 0.25) is 11.2 Å². The summed E-state index contributed by atoms with van der Waals surface area (Å²) in [5, 5.41) is 9.88. The van der Waals surface area contributed by atoms with Gasteiger partial charge in [-0.3, -0.25) is 0 Å². The van der Waals surface area contributed by atoms with Gasteiger partial charge in [-0.2, -0.15) is 4.98 Å². The first kappa shape index (κ1) is 14.5. The summed E-state index contributed by atoms with van der Waals surface area (Å²) in [7, 11) is 0. The summed E-state index contributed by atoms with van der Waals surface area (Å²) in [5.41, 5.74) is 0. The molecule has 2 rings (SSSR count). The van der Waals surface area contributed by atoms with Crippen molar-refractivity contribution in [2.45, 2.75) is 32.6 Å². The topological polar surface area (TPSA) is 55.2 Å². The van der Waals surface area contributed by atoms with E-state index >= 15 is 0 Å². The fourth-order valence-electron chi connectivity index (χ4n) is 1.76. The minimum absolute atomic E-state index is 0.224. The van der Waals surface area contributed by atoms with Gasteiger partial charge in [0.25, 0.3) is 0 Å². The average Bonchev–Trinajstić information content (AvgIpc) is 2.81. The molecule has 0 fully saturated rings. The van der Waals surface area contributed by atoms with Crippen LogP contribution in [0.25, 0.3) is 10.2 Å². The lowest BCUT2D eigenvalue weighted by Gasteiger charge is -2.06. The van der Waals surface area contributed by atoms with E-state index in [-0.39, 0.29) is 11.9 Å². The Labute approximate surface area is 121 Å². The van der Waals surface area contributed by atoms with Crippen LogP contribution in [-0.2, 0) is 6.42 Å². The van der Waals surface area contributed by atoms with Gasteiger partial charge >= 0.3 is 0 Å². The van der Waals surface area contributed by atoms with Crippen LogP contribution in [0.4, 0.5) is 0 Å². The Morgan fingerprint density at radius 2 is 2.16 bits per heavy atom. The number of aryl methyl sites for hydroxylation is 1. The first-order chi connectivity index (χ1) is 9.24. The molecule has 0 bridgehead atoms. The van der Waals surface area contributed by atoms with Crippen LogP contribution >= 0.6 is 22.9 Å². The van der Waals surface area contributed by atoms with Crippen molar-refractivity contribution in [3.05, 3.63) is 16.2 Å². The number of fused-ring (bicyclic) bond motifs is 1. The van der Waals surface area contributed by atoms with E-state index in [4.69, 9.17) is 21.4 Å². The highest BCUT2D eigenvalue weighted by Gasteiger charge is 2.11. The van der Waals surface area contributed by atoms with Crippen molar-refractivity contribution in [1.82, 2.24) is 9.97 Å². The Morgan fingerprint density at radius 1 is 1.32 bits per heavy atom. The van der Waals surface area contributed by atoms with Gasteiger partial charge in [-0.15, -0.1) is 11.3 Å². The van der Waals surface area contributed by atoms with E-state index in [1.165, 1.54) is 4.88 Å². The molecule has 0 saturated heterocycles. The SMILES string of the molecule is CCc1cc2c(OCCCCCO)nc(Cl)nc2s1. The second kappa shape index (κ2) is 7.03. The van der Waals surface area contributed by atoms with Gasteiger partial charge < -0.3 is 9.84 Å². The molecule has 0 amide bonds. The first-order valence-corrected chi connectivity index (χ1v) is 7.63. The summed E-state index contributed by atoms with van der Waals surface area (Å²) in [6.07, 6.45) is 3.62. The van der Waals surface area contributed by atoms with Gasteiger partial charge in [-0.05, 0) is 43.4 Å². The van der Waals surface area contributed by atoms with Crippen LogP contribution in [0.3, 0.4) is 0 Å². The molecule has 0 atom stereocenters. The van der Waals surface area contributed by atoms with Crippen LogP contribution in [0, 0.1) is 0 Å². The zero-order chi connectivity index (χ0) is 13.7. The number of aliphatic hydroxyl groups is 1. The predicted molar refractivity (Wildman–Crippen MR) is 78.2 cm³/mol. The summed E-state index contributed by atoms with van der Waals surface area (Å²) in [6, 6.07) is 2.07. The monoisotopic (exact) mass is 300 g/mol. The van der Waals surface area contributed by atoms with Crippen molar-refractivity contribution in [3.63, 3.8) is 0 Å². The molecule has 0 aliphatic rings. The number of thiophene rings is 1. The average molecular weight is 301 g/mol. The zero-order valence-corrected chi connectivity index (χ0v) is 12.4. The molecular weight excluding hydrogens is 284 g/mol. The van der Waals surface area contributed by atoms with Crippen molar-refractivity contribution in [2.24, 2.45) is 0 Å². The lowest BCUT2D eigenvalue weighted by molar-refractivity contribution is 0.264. The third-order valence-corrected chi connectivity index (χ3v) is 4.11. The summed E-state index contributed by atoms with van der Waals surface area (Å²) in [4.78, 5) is 10.5. The van der Waals surface area contributed by atoms with Crippen LogP contribution < -0.4 is 4.74 Å². The molecule has 2 aromatic rings. The second-order valence-electron chi connectivity index (χ2n) is 4.22. The first-order valence-electron chi connectivity index (χ1n) is 6.44. The number of unbranched alkanes of at least 4 members (excludes halogenated alkanes) is 2. The van der Waals surface area contributed by atoms with Gasteiger partial charge in [0.15, 0.2) is 0 Å². The summed E-state index contributed by atoms with van der Waals surface area (Å²) >= 11 is 7.53. The van der Waals surface area contributed by atoms with Gasteiger partial charge in [0.05, 0.1) is 12.0 Å². The van der Waals surface area contributed by atoms with Crippen LogP contribution in [0.1, 0.15) is 31.1 Å². The van der Waals surface area contributed by atoms with E-state index < -0.39 is 0 Å². The Kier molecular flexibility index (Phi) is 5.36. The number of hydrogen-bond acceptors (Lipinski definition) is 5. The van der Waals surface area contributed by atoms with Gasteiger partial charge in [0, 0.05) is 11.5 Å². The fraction of sp³-hybridized carbons (Fsp3) is 0.538. The number of rotatable bonds is 7. The molecule has 2 heterocycles. The Bertz CT molecular complexity index is 545. The van der Waals surface area contributed by atoms with Crippen LogP contribution in [0.15, 0.2) is 6.07 Å². The highest BCUT2D eigenvalue weighted by molar-refractivity contribution is 7.18. The molecule has 0 aliphatic carbocycles. The molecule has 0 unspecified atom stereocenters. The zero-order valence-electron chi connectivity index (χ0n) is 10.9. The highest BCUT2D eigenvalue weighted by atomic mass is 35.5. The van der Waals surface area contributed by atoms with E-state index in [1.54, 1.807) is 11.3 Å². The van der Waals surface area contributed by atoms with Crippen LogP contribution in [-0.4, -0.2) is 28.3 Å². The molecule has 0 spiro atoms. The maximum Gasteiger partial charge on any atom is 0.227 e. The van der Waals surface area contributed by atoms with Crippen molar-refractivity contribution in [1.29, 1.82) is 0 Å². The number of hydrogen-bond donors (Lipinski definition) is 1. The van der Waals surface area contributed by atoms with E-state index in [0.29, 0.717) is 12.5 Å². The number of aromatic nitrogens is 2. The van der Waals surface area contributed by atoms with E-state index in [1.807, 2.05) is 0 Å². The normalized spacial score (nSPS) is 11.1. The second-order valence-corrected chi connectivity index (χ2v) is 5.67. The third kappa shape index (κ3) is 3.78. The number of nitrogens with zero attached hydrogens (tertiary/aromatic N) is 2. The molecule has 19 heavy (non-hydrogen) atoms. The number of ether oxygens (including phenoxy) is 1. The lowest BCUT2D eigenvalue weighted by atomic mass is 10.2. The minimum Gasteiger partial charge on any atom is -0.477 e. The minimum atomic E-state index is 0.224. The van der Waals surface area contributed by atoms with Gasteiger partial charge in [0.1, 0.15) is 4.83 Å². The smallest absolute Gasteiger partial charge is 0.227 e. The molecule has 0 aromatic carbocycles. The molecule has 104 valence electrons. The maximum atomic E-state index is 8.71. The number of aliphatic hydroxyl groups excluding tert-OH is 1. The highest BCUT2D eigenvalue weighted by Crippen LogP contribution is 2.31. The van der Waals surface area contributed by atoms with E-state index in [9.17, 15) is 0 Å². The molecule has 2 aromatic heterocycles. The standard InChI is InChI=1S/C13H17ClN2O2S/c1-2-9-8-10-11(18-7-5-3-4-6-17)15-13(14)16-12(10)19-9/h8,17H,2-7H2,1H3. The largest absolute Gasteiger partial charge is 0.477 e. The van der Waals surface area contributed by atoms with Crippen molar-refractivity contribution >= 4 is 33.2 Å². The van der Waals surface area contributed by atoms with E-state index in [2.05, 4.69) is 23.0 Å². The molecule has 0 saturated carbocycles. The molecule has 4 nitrogen and oxygen atoms in total. The Balaban J connectivity index is 2.10. The number of halogens is 1. The van der Waals surface area contributed by atoms with Crippen LogP contribution in [0.5, 0.6) is 5.88 Å². The molecule has 6 heteroatoms. The van der Waals surface area contributed by atoms with Crippen LogP contribution in [0.2, 0.25) is 5.28 Å². The van der Waals surface area contributed by atoms with Gasteiger partial charge in [-0.25, -0.2) is 4.98 Å². The fourth-order valence-corrected chi connectivity index (χ4v) is 2.93. The summed E-state index contributed by atoms with van der Waals surface area (Å²) in [6.45, 7) is 2.92. The van der Waals surface area contributed by atoms with Crippen molar-refractivity contribution < 1.29 is 9.84 Å². The molecule has 0 aliphatic heterocycles. The van der Waals surface area contributed by atoms with Crippen molar-refractivity contribution in [3.8, 4) is 5.88 Å². The maximum absolute atomic E-state index is 8.71. The molecular formula is C13H17ClN2O2S. The van der Waals surface area contributed by atoms with Gasteiger partial charge in [-0.1, -0.05) is 6.92 Å². The lowest BCUT2D eigenvalue weighted by Crippen LogP contribution is -2.00. The quantitative estimate of drug-likeness (QED) is 0.628. The Morgan fingerprint density at radius 3 is 2.89 bits per heavy atom. The molecule has 1 N–H and O–H groups in total.